The summed E-state index contributed by atoms with van der Waals surface area (Å²) >= 11 is 0. The van der Waals surface area contributed by atoms with Crippen molar-refractivity contribution < 1.29 is 30.0 Å². The van der Waals surface area contributed by atoms with Crippen LogP contribution in [0.15, 0.2) is 72.1 Å². The van der Waals surface area contributed by atoms with Crippen molar-refractivity contribution in [2.24, 2.45) is 0 Å². The minimum Gasteiger partial charge on any atom is -0.365 e. The maximum atomic E-state index is 13.7. The number of pyridine rings is 3. The van der Waals surface area contributed by atoms with Gasteiger partial charge in [-0.3, -0.25) is 9.03 Å². The molecular weight excluding hydrogens is 587 g/mol. The van der Waals surface area contributed by atoms with Crippen LogP contribution < -0.4 is 19.7 Å². The molecule has 4 rings (SSSR count). The van der Waals surface area contributed by atoms with Crippen molar-refractivity contribution in [3.8, 4) is 0 Å². The van der Waals surface area contributed by atoms with Gasteiger partial charge in [0.25, 0.3) is 10.0 Å². The third kappa shape index (κ3) is 7.34. The lowest BCUT2D eigenvalue weighted by Gasteiger charge is -2.20. The summed E-state index contributed by atoms with van der Waals surface area (Å²) < 4.78 is 93.3. The van der Waals surface area contributed by atoms with Gasteiger partial charge in [0.1, 0.15) is 33.7 Å². The quantitative estimate of drug-likeness (QED) is 0.241. The third-order valence-corrected chi connectivity index (χ3v) is 7.90. The lowest BCUT2D eigenvalue weighted by atomic mass is 10.2. The van der Waals surface area contributed by atoms with Crippen molar-refractivity contribution in [1.82, 2.24) is 24.9 Å². The van der Waals surface area contributed by atoms with E-state index in [9.17, 15) is 30.0 Å². The Morgan fingerprint density at radius 2 is 1.63 bits per heavy atom. The maximum absolute atomic E-state index is 13.7. The molecule has 0 aliphatic rings. The first-order valence-corrected chi connectivity index (χ1v) is 14.8. The molecule has 0 aliphatic heterocycles. The zero-order chi connectivity index (χ0) is 29.8. The average Bonchev–Trinajstić information content (AvgIpc) is 2.91. The monoisotopic (exact) mass is 609 g/mol. The molecule has 0 saturated carbocycles. The molecule has 0 aromatic carbocycles. The summed E-state index contributed by atoms with van der Waals surface area (Å²) in [5.41, 5.74) is -0.876. The zero-order valence-corrected chi connectivity index (χ0v) is 23.0. The van der Waals surface area contributed by atoms with Crippen molar-refractivity contribution in [3.63, 3.8) is 0 Å². The number of nitrogens with zero attached hydrogens (tertiary/aromatic N) is 6. The summed E-state index contributed by atoms with van der Waals surface area (Å²) in [6.45, 7) is -0.253. The van der Waals surface area contributed by atoms with Gasteiger partial charge in [-0.2, -0.15) is 18.2 Å². The molecule has 4 heterocycles. The molecule has 4 aromatic rings. The second-order valence-electron chi connectivity index (χ2n) is 8.35. The van der Waals surface area contributed by atoms with E-state index in [1.165, 1.54) is 49.8 Å². The van der Waals surface area contributed by atoms with E-state index in [1.54, 1.807) is 12.1 Å². The first-order chi connectivity index (χ1) is 19.2. The largest absolute Gasteiger partial charge is 0.421 e. The molecule has 216 valence electrons. The predicted molar refractivity (Wildman–Crippen MR) is 144 cm³/mol. The number of halogens is 3. The number of sulfonamides is 2. The van der Waals surface area contributed by atoms with Crippen LogP contribution >= 0.6 is 0 Å². The SMILES string of the molecule is CN(c1ncccc1CNc1nc(Nc2ccc(S(=O)(=O)Nc3ccccn3)cn2)ncc1C(F)(F)F)S(C)(=O)=O. The van der Waals surface area contributed by atoms with E-state index in [0.717, 1.165) is 16.8 Å². The Balaban J connectivity index is 1.55. The van der Waals surface area contributed by atoms with Gasteiger partial charge < -0.3 is 10.6 Å². The van der Waals surface area contributed by atoms with Gasteiger partial charge in [0, 0.05) is 43.9 Å². The van der Waals surface area contributed by atoms with E-state index in [1.807, 2.05) is 0 Å². The number of anilines is 5. The van der Waals surface area contributed by atoms with E-state index >= 15 is 0 Å². The fraction of sp³-hybridized carbons (Fsp3) is 0.174. The van der Waals surface area contributed by atoms with Crippen LogP contribution in [-0.2, 0) is 32.8 Å². The standard InChI is InChI=1S/C23H22F3N9O4S2/c1-35(40(2,36)37)21-15(6-5-11-28-21)12-30-20-17(23(24,25)26)14-31-22(33-20)32-18-9-8-16(13-29-18)41(38,39)34-19-7-3-4-10-27-19/h3-11,13-14H,12H2,1-2H3,(H,27,34)(H2,29,30,31,32,33). The normalized spacial score (nSPS) is 12.0. The molecule has 3 N–H and O–H groups in total. The zero-order valence-electron chi connectivity index (χ0n) is 21.3. The first kappa shape index (κ1) is 29.4. The summed E-state index contributed by atoms with van der Waals surface area (Å²) in [4.78, 5) is 19.3. The summed E-state index contributed by atoms with van der Waals surface area (Å²) in [6.07, 6.45) is 0.540. The molecule has 0 bridgehead atoms. The fourth-order valence-corrected chi connectivity index (χ4v) is 4.75. The number of alkyl halides is 3. The van der Waals surface area contributed by atoms with E-state index < -0.39 is 37.6 Å². The molecule has 0 atom stereocenters. The van der Waals surface area contributed by atoms with Crippen LogP contribution in [-0.4, -0.2) is 55.1 Å². The molecule has 0 unspecified atom stereocenters. The van der Waals surface area contributed by atoms with Crippen LogP contribution in [0.2, 0.25) is 0 Å². The molecule has 13 nitrogen and oxygen atoms in total. The Hall–Kier alpha value is -4.58. The molecule has 0 radical (unpaired) electrons. The van der Waals surface area contributed by atoms with E-state index in [0.29, 0.717) is 11.8 Å². The molecule has 0 amide bonds. The number of hydrogen-bond acceptors (Lipinski definition) is 11. The minimum absolute atomic E-state index is 0.0280. The Morgan fingerprint density at radius 3 is 2.27 bits per heavy atom. The maximum Gasteiger partial charge on any atom is 0.421 e. The van der Waals surface area contributed by atoms with Gasteiger partial charge in [0.05, 0.1) is 6.26 Å². The Kier molecular flexibility index (Phi) is 8.24. The average molecular weight is 610 g/mol. The Bertz CT molecular complexity index is 1740. The van der Waals surface area contributed by atoms with Crippen LogP contribution in [0.5, 0.6) is 0 Å². The van der Waals surface area contributed by atoms with Gasteiger partial charge in [0.2, 0.25) is 16.0 Å². The lowest BCUT2D eigenvalue weighted by molar-refractivity contribution is -0.137. The molecule has 0 spiro atoms. The minimum atomic E-state index is -4.81. The van der Waals surface area contributed by atoms with Gasteiger partial charge in [-0.25, -0.2) is 36.8 Å². The number of rotatable bonds is 10. The van der Waals surface area contributed by atoms with E-state index in [4.69, 9.17) is 0 Å². The van der Waals surface area contributed by atoms with Crippen LogP contribution in [0.1, 0.15) is 11.1 Å². The van der Waals surface area contributed by atoms with Crippen molar-refractivity contribution in [1.29, 1.82) is 0 Å². The number of aromatic nitrogens is 5. The van der Waals surface area contributed by atoms with Gasteiger partial charge in [0.15, 0.2) is 0 Å². The molecular formula is C23H22F3N9O4S2. The van der Waals surface area contributed by atoms with Crippen LogP contribution in [0.25, 0.3) is 0 Å². The highest BCUT2D eigenvalue weighted by Crippen LogP contribution is 2.34. The van der Waals surface area contributed by atoms with E-state index in [-0.39, 0.29) is 34.8 Å². The smallest absolute Gasteiger partial charge is 0.365 e. The highest BCUT2D eigenvalue weighted by atomic mass is 32.2. The second kappa shape index (κ2) is 11.5. The van der Waals surface area contributed by atoms with Crippen LogP contribution in [0, 0.1) is 0 Å². The Morgan fingerprint density at radius 1 is 0.878 bits per heavy atom. The first-order valence-electron chi connectivity index (χ1n) is 11.5. The molecule has 0 aliphatic carbocycles. The predicted octanol–water partition coefficient (Wildman–Crippen LogP) is 3.23. The molecule has 41 heavy (non-hydrogen) atoms. The highest BCUT2D eigenvalue weighted by Gasteiger charge is 2.35. The van der Waals surface area contributed by atoms with Crippen LogP contribution in [0.4, 0.5) is 42.4 Å². The van der Waals surface area contributed by atoms with Gasteiger partial charge >= 0.3 is 6.18 Å². The van der Waals surface area contributed by atoms with E-state index in [2.05, 4.69) is 40.3 Å². The lowest BCUT2D eigenvalue weighted by Crippen LogP contribution is -2.27. The fourth-order valence-electron chi connectivity index (χ4n) is 3.32. The van der Waals surface area contributed by atoms with Gasteiger partial charge in [-0.15, -0.1) is 0 Å². The number of nitrogens with one attached hydrogen (secondary N) is 3. The highest BCUT2D eigenvalue weighted by molar-refractivity contribution is 7.92. The van der Waals surface area contributed by atoms with Gasteiger partial charge in [-0.1, -0.05) is 12.1 Å². The summed E-state index contributed by atoms with van der Waals surface area (Å²) in [5, 5.41) is 5.21. The van der Waals surface area contributed by atoms with Crippen molar-refractivity contribution in [3.05, 3.63) is 78.4 Å². The molecule has 4 aromatic heterocycles. The Labute approximate surface area is 233 Å². The van der Waals surface area contributed by atoms with Gasteiger partial charge in [-0.05, 0) is 30.3 Å². The summed E-state index contributed by atoms with van der Waals surface area (Å²) in [6, 6.07) is 10.2. The third-order valence-electron chi connectivity index (χ3n) is 5.39. The van der Waals surface area contributed by atoms with Crippen LogP contribution in [0.3, 0.4) is 0 Å². The van der Waals surface area contributed by atoms with Crippen molar-refractivity contribution >= 4 is 49.3 Å². The summed E-state index contributed by atoms with van der Waals surface area (Å²) in [5.74, 6) is -0.674. The summed E-state index contributed by atoms with van der Waals surface area (Å²) in [7, 11) is -6.42. The number of hydrogen-bond donors (Lipinski definition) is 3. The second-order valence-corrected chi connectivity index (χ2v) is 12.0. The molecule has 18 heteroatoms. The molecule has 0 saturated heterocycles. The topological polar surface area (TPSA) is 172 Å². The molecule has 0 fully saturated rings. The van der Waals surface area contributed by atoms with Crippen molar-refractivity contribution in [2.45, 2.75) is 17.6 Å². The van der Waals surface area contributed by atoms with Crippen molar-refractivity contribution in [2.75, 3.05) is 33.0 Å².